The number of hydrogen-bond acceptors (Lipinski definition) is 16. The number of benzene rings is 4. The van der Waals surface area contributed by atoms with Gasteiger partial charge in [-0.25, -0.2) is 19.9 Å². The van der Waals surface area contributed by atoms with Crippen LogP contribution >= 0.6 is 0 Å². The van der Waals surface area contributed by atoms with Crippen molar-refractivity contribution < 1.29 is 27.4 Å². The number of aryl methyl sites for hydroxylation is 2. The Bertz CT molecular complexity index is 3350. The SMILES string of the molecule is CN(C)CCN(C)c1cc(OC2CC2)c(Nc2cc(-c3ccc4c(cnn4C)c3)ncn2)cc1N.CN(C)CCN(C)c1cc(OC2CC2)c(Nc2cc(-c3ccc4c(cnn4C)c3)ncn2)cc1NC(=O)C(F)(F)F. The number of hydrogen-bond donors (Lipinski definition) is 4. The summed E-state index contributed by atoms with van der Waals surface area (Å²) in [5.74, 6) is 0.252. The van der Waals surface area contributed by atoms with Gasteiger partial charge in [-0.15, -0.1) is 0 Å². The molecule has 5 N–H and O–H groups in total. The molecule has 398 valence electrons. The Balaban J connectivity index is 0.000000188. The zero-order chi connectivity index (χ0) is 53.8. The summed E-state index contributed by atoms with van der Waals surface area (Å²) in [4.78, 5) is 37.7. The minimum Gasteiger partial charge on any atom is -0.488 e. The first-order chi connectivity index (χ1) is 36.3. The number of carbonyl (C=O) groups is 1. The summed E-state index contributed by atoms with van der Waals surface area (Å²) >= 11 is 0. The predicted octanol–water partition coefficient (Wildman–Crippen LogP) is 8.71. The van der Waals surface area contributed by atoms with Crippen LogP contribution in [0.3, 0.4) is 0 Å². The Labute approximate surface area is 438 Å². The molecule has 76 heavy (non-hydrogen) atoms. The van der Waals surface area contributed by atoms with Crippen molar-refractivity contribution in [3.05, 3.63) is 97.8 Å². The van der Waals surface area contributed by atoms with Gasteiger partial charge in [0.1, 0.15) is 35.8 Å². The van der Waals surface area contributed by atoms with E-state index in [-0.39, 0.29) is 17.9 Å². The first-order valence-electron chi connectivity index (χ1n) is 24.9. The number of nitrogens with one attached hydrogen (secondary N) is 3. The number of aromatic nitrogens is 8. The molecule has 8 aromatic rings. The fraction of sp³-hybridized carbons (Fsp3) is 0.352. The van der Waals surface area contributed by atoms with E-state index in [1.54, 1.807) is 41.3 Å². The maximum Gasteiger partial charge on any atom is 0.471 e. The first kappa shape index (κ1) is 52.6. The molecule has 4 aromatic heterocycles. The van der Waals surface area contributed by atoms with E-state index in [0.717, 1.165) is 94.5 Å². The molecule has 1 amide bonds. The molecular weight excluding hydrogens is 978 g/mol. The fourth-order valence-electron chi connectivity index (χ4n) is 8.25. The Kier molecular flexibility index (Phi) is 15.4. The van der Waals surface area contributed by atoms with Crippen LogP contribution in [0.5, 0.6) is 11.5 Å². The van der Waals surface area contributed by atoms with Crippen molar-refractivity contribution in [3.8, 4) is 34.0 Å². The van der Waals surface area contributed by atoms with Gasteiger partial charge < -0.3 is 50.8 Å². The third-order valence-corrected chi connectivity index (χ3v) is 12.9. The van der Waals surface area contributed by atoms with Crippen molar-refractivity contribution in [1.29, 1.82) is 0 Å². The van der Waals surface area contributed by atoms with E-state index >= 15 is 0 Å². The summed E-state index contributed by atoms with van der Waals surface area (Å²) in [6.45, 7) is 2.96. The predicted molar refractivity (Wildman–Crippen MR) is 293 cm³/mol. The molecule has 0 saturated heterocycles. The first-order valence-corrected chi connectivity index (χ1v) is 24.9. The molecule has 0 bridgehead atoms. The van der Waals surface area contributed by atoms with Crippen LogP contribution in [0.4, 0.5) is 58.9 Å². The second kappa shape index (κ2) is 22.3. The number of fused-ring (bicyclic) bond motifs is 2. The highest BCUT2D eigenvalue weighted by Gasteiger charge is 2.39. The molecule has 4 aromatic carbocycles. The summed E-state index contributed by atoms with van der Waals surface area (Å²) in [6, 6.07) is 22.8. The molecule has 0 atom stereocenters. The van der Waals surface area contributed by atoms with Gasteiger partial charge in [-0.1, -0.05) is 12.1 Å². The largest absolute Gasteiger partial charge is 0.488 e. The topological polar surface area (TPSA) is 198 Å². The minimum absolute atomic E-state index is 0.00413. The summed E-state index contributed by atoms with van der Waals surface area (Å²) in [5, 5.41) is 19.3. The normalized spacial score (nSPS) is 13.4. The number of nitrogens with two attached hydrogens (primary N) is 1. The number of halogens is 3. The highest BCUT2D eigenvalue weighted by Crippen LogP contribution is 2.43. The lowest BCUT2D eigenvalue weighted by Crippen LogP contribution is -2.32. The minimum atomic E-state index is -5.05. The maximum absolute atomic E-state index is 13.2. The Morgan fingerprint density at radius 1 is 0.618 bits per heavy atom. The Morgan fingerprint density at radius 3 is 1.54 bits per heavy atom. The molecule has 2 saturated carbocycles. The van der Waals surface area contributed by atoms with E-state index in [2.05, 4.69) is 83.8 Å². The van der Waals surface area contributed by atoms with Crippen LogP contribution in [0.25, 0.3) is 44.3 Å². The number of ether oxygens (including phenoxy) is 2. The highest BCUT2D eigenvalue weighted by molar-refractivity contribution is 5.99. The van der Waals surface area contributed by atoms with Crippen LogP contribution in [-0.2, 0) is 18.9 Å². The number of alkyl halides is 3. The van der Waals surface area contributed by atoms with Crippen LogP contribution in [0.1, 0.15) is 25.7 Å². The maximum atomic E-state index is 13.2. The molecule has 0 radical (unpaired) electrons. The molecule has 19 nitrogen and oxygen atoms in total. The Morgan fingerprint density at radius 2 is 1.08 bits per heavy atom. The highest BCUT2D eigenvalue weighted by atomic mass is 19.4. The van der Waals surface area contributed by atoms with Crippen LogP contribution in [0, 0.1) is 0 Å². The number of anilines is 8. The molecule has 22 heteroatoms. The summed E-state index contributed by atoms with van der Waals surface area (Å²) in [7, 11) is 15.6. The number of carbonyl (C=O) groups excluding carboxylic acids is 1. The third kappa shape index (κ3) is 13.0. The fourth-order valence-corrected chi connectivity index (χ4v) is 8.25. The quantitative estimate of drug-likeness (QED) is 0.0561. The lowest BCUT2D eigenvalue weighted by Gasteiger charge is -2.26. The van der Waals surface area contributed by atoms with Crippen molar-refractivity contribution >= 4 is 73.5 Å². The molecule has 2 aliphatic rings. The summed E-state index contributed by atoms with van der Waals surface area (Å²) in [5.41, 5.74) is 15.1. The Hall–Kier alpha value is -8.24. The number of amides is 1. The van der Waals surface area contributed by atoms with Gasteiger partial charge in [0.25, 0.3) is 0 Å². The van der Waals surface area contributed by atoms with Gasteiger partial charge in [-0.3, -0.25) is 14.2 Å². The second-order valence-corrected chi connectivity index (χ2v) is 19.7. The van der Waals surface area contributed by atoms with Gasteiger partial charge in [-0.05, 0) is 90.3 Å². The van der Waals surface area contributed by atoms with E-state index in [0.29, 0.717) is 53.2 Å². The average molecular weight is 1040 g/mol. The van der Waals surface area contributed by atoms with Crippen molar-refractivity contribution in [2.24, 2.45) is 14.1 Å². The summed E-state index contributed by atoms with van der Waals surface area (Å²) in [6.07, 6.45) is 5.74. The van der Waals surface area contributed by atoms with Gasteiger partial charge in [0, 0.05) is 101 Å². The number of likely N-dealkylation sites (N-methyl/N-ethyl adjacent to an activating group) is 4. The zero-order valence-corrected chi connectivity index (χ0v) is 43.9. The zero-order valence-electron chi connectivity index (χ0n) is 43.9. The van der Waals surface area contributed by atoms with Crippen molar-refractivity contribution in [3.63, 3.8) is 0 Å². The van der Waals surface area contributed by atoms with E-state index < -0.39 is 12.1 Å². The van der Waals surface area contributed by atoms with E-state index in [1.807, 2.05) is 91.8 Å². The van der Waals surface area contributed by atoms with E-state index in [1.165, 1.54) is 12.4 Å². The molecule has 10 rings (SSSR count). The average Bonchev–Trinajstić information content (AvgIpc) is 4.33. The number of nitrogens with zero attached hydrogens (tertiary/aromatic N) is 12. The van der Waals surface area contributed by atoms with Gasteiger partial charge in [0.2, 0.25) is 0 Å². The van der Waals surface area contributed by atoms with Crippen LogP contribution in [-0.4, -0.2) is 142 Å². The molecule has 4 heterocycles. The van der Waals surface area contributed by atoms with E-state index in [4.69, 9.17) is 15.2 Å². The molecule has 0 aliphatic heterocycles. The molecular formula is C54H63F3N16O3. The second-order valence-electron chi connectivity index (χ2n) is 19.7. The summed E-state index contributed by atoms with van der Waals surface area (Å²) < 4.78 is 55.8. The number of nitrogen functional groups attached to an aromatic ring is 1. The van der Waals surface area contributed by atoms with Gasteiger partial charge in [0.15, 0.2) is 0 Å². The van der Waals surface area contributed by atoms with Crippen molar-refractivity contribution in [2.75, 3.05) is 99.9 Å². The number of rotatable bonds is 19. The van der Waals surface area contributed by atoms with E-state index in [9.17, 15) is 18.0 Å². The van der Waals surface area contributed by atoms with Gasteiger partial charge in [0.05, 0.1) is 81.1 Å². The standard InChI is InChI=1S/C28H31F3N8O2.C26H32N8O/c1-37(2)9-10-38(3)24-14-25(41-19-6-7-19)22(12-21(24)36-27(40)28(29,30)31)35-26-13-20(32-16-33-26)17-5-8-23-18(11-17)15-34-39(23)4;1-32(2)9-10-33(3)24-14-25(35-19-6-7-19)22(12-20(24)27)31-26-13-21(28-16-29-26)17-5-8-23-18(11-17)15-30-34(23)4/h5,8,11-16,19H,6-7,9-10H2,1-4H3,(H,36,40)(H,32,33,35);5,8,11-16,19H,6-7,9-10,27H2,1-4H3,(H,28,29,31). The smallest absolute Gasteiger partial charge is 0.471 e. The lowest BCUT2D eigenvalue weighted by molar-refractivity contribution is -0.167. The van der Waals surface area contributed by atoms with Crippen LogP contribution in [0.15, 0.2) is 97.8 Å². The van der Waals surface area contributed by atoms with Gasteiger partial charge >= 0.3 is 12.1 Å². The van der Waals surface area contributed by atoms with Crippen LogP contribution < -0.4 is 41.0 Å². The lowest BCUT2D eigenvalue weighted by atomic mass is 10.1. The molecule has 2 aliphatic carbocycles. The van der Waals surface area contributed by atoms with Crippen molar-refractivity contribution in [1.82, 2.24) is 49.3 Å². The molecule has 2 fully saturated rings. The van der Waals surface area contributed by atoms with Crippen molar-refractivity contribution in [2.45, 2.75) is 44.1 Å². The monoisotopic (exact) mass is 1040 g/mol. The third-order valence-electron chi connectivity index (χ3n) is 12.9. The van der Waals surface area contributed by atoms with Gasteiger partial charge in [-0.2, -0.15) is 23.4 Å². The molecule has 0 unspecified atom stereocenters. The molecule has 0 spiro atoms. The van der Waals surface area contributed by atoms with Crippen LogP contribution in [0.2, 0.25) is 0 Å².